The smallest absolute Gasteiger partial charge is 0.304 e. The van der Waals surface area contributed by atoms with E-state index in [4.69, 9.17) is 5.11 Å². The van der Waals surface area contributed by atoms with Gasteiger partial charge in [0.2, 0.25) is 0 Å². The molecule has 0 aliphatic rings. The molecule has 3 heteroatoms. The van der Waals surface area contributed by atoms with Gasteiger partial charge in [0.05, 0.1) is 6.42 Å². The van der Waals surface area contributed by atoms with Crippen LogP contribution in [0.5, 0.6) is 0 Å². The maximum absolute atomic E-state index is 10.3. The first-order chi connectivity index (χ1) is 6.17. The molecule has 14 heavy (non-hydrogen) atoms. The summed E-state index contributed by atoms with van der Waals surface area (Å²) < 4.78 is 0. The van der Waals surface area contributed by atoms with E-state index in [1.807, 2.05) is 0 Å². The zero-order valence-corrected chi connectivity index (χ0v) is 9.98. The molecule has 0 saturated carbocycles. The molecule has 0 rings (SSSR count). The third-order valence-electron chi connectivity index (χ3n) is 3.11. The SMILES string of the molecule is CC(C)(C)C(C)(C)CNCCC(=O)O. The Hall–Kier alpha value is -0.570. The highest BCUT2D eigenvalue weighted by Crippen LogP contribution is 2.36. The molecule has 0 aromatic heterocycles. The van der Waals surface area contributed by atoms with Gasteiger partial charge in [-0.25, -0.2) is 0 Å². The number of hydrogen-bond donors (Lipinski definition) is 2. The molecule has 0 heterocycles. The average molecular weight is 201 g/mol. The van der Waals surface area contributed by atoms with E-state index < -0.39 is 5.97 Å². The highest BCUT2D eigenvalue weighted by Gasteiger charge is 2.31. The lowest BCUT2D eigenvalue weighted by Crippen LogP contribution is -2.40. The van der Waals surface area contributed by atoms with E-state index in [2.05, 4.69) is 39.9 Å². The molecular formula is C11H23NO2. The topological polar surface area (TPSA) is 49.3 Å². The molecular weight excluding hydrogens is 178 g/mol. The van der Waals surface area contributed by atoms with Crippen molar-refractivity contribution in [1.82, 2.24) is 5.32 Å². The Morgan fingerprint density at radius 3 is 2.07 bits per heavy atom. The lowest BCUT2D eigenvalue weighted by molar-refractivity contribution is -0.136. The van der Waals surface area contributed by atoms with Gasteiger partial charge in [0.25, 0.3) is 0 Å². The fourth-order valence-electron chi connectivity index (χ4n) is 0.861. The first-order valence-corrected chi connectivity index (χ1v) is 5.09. The van der Waals surface area contributed by atoms with Crippen LogP contribution in [-0.2, 0) is 4.79 Å². The van der Waals surface area contributed by atoms with E-state index >= 15 is 0 Å². The van der Waals surface area contributed by atoms with Crippen molar-refractivity contribution in [3.8, 4) is 0 Å². The van der Waals surface area contributed by atoms with Crippen molar-refractivity contribution < 1.29 is 9.90 Å². The van der Waals surface area contributed by atoms with Crippen molar-refractivity contribution in [2.45, 2.75) is 41.0 Å². The quantitative estimate of drug-likeness (QED) is 0.670. The fraction of sp³-hybridized carbons (Fsp3) is 0.909. The lowest BCUT2D eigenvalue weighted by atomic mass is 9.69. The van der Waals surface area contributed by atoms with Crippen LogP contribution in [0.25, 0.3) is 0 Å². The summed E-state index contributed by atoms with van der Waals surface area (Å²) >= 11 is 0. The van der Waals surface area contributed by atoms with Gasteiger partial charge in [0, 0.05) is 13.1 Å². The summed E-state index contributed by atoms with van der Waals surface area (Å²) in [5, 5.41) is 11.6. The van der Waals surface area contributed by atoms with Crippen molar-refractivity contribution in [3.63, 3.8) is 0 Å². The van der Waals surface area contributed by atoms with Crippen LogP contribution < -0.4 is 5.32 Å². The first-order valence-electron chi connectivity index (χ1n) is 5.09. The molecule has 0 radical (unpaired) electrons. The molecule has 0 atom stereocenters. The minimum absolute atomic E-state index is 0.172. The molecule has 0 aromatic carbocycles. The van der Waals surface area contributed by atoms with Crippen molar-refractivity contribution in [2.75, 3.05) is 13.1 Å². The number of hydrogen-bond acceptors (Lipinski definition) is 2. The van der Waals surface area contributed by atoms with Gasteiger partial charge in [0.1, 0.15) is 0 Å². The summed E-state index contributed by atoms with van der Waals surface area (Å²) in [4.78, 5) is 10.3. The Morgan fingerprint density at radius 1 is 1.21 bits per heavy atom. The van der Waals surface area contributed by atoms with Gasteiger partial charge >= 0.3 is 5.97 Å². The maximum atomic E-state index is 10.3. The highest BCUT2D eigenvalue weighted by atomic mass is 16.4. The molecule has 2 N–H and O–H groups in total. The Labute approximate surface area is 86.9 Å². The van der Waals surface area contributed by atoms with E-state index in [1.54, 1.807) is 0 Å². The van der Waals surface area contributed by atoms with Crippen molar-refractivity contribution in [2.24, 2.45) is 10.8 Å². The van der Waals surface area contributed by atoms with Crippen LogP contribution in [0.3, 0.4) is 0 Å². The second kappa shape index (κ2) is 4.78. The predicted molar refractivity (Wildman–Crippen MR) is 58.4 cm³/mol. The third kappa shape index (κ3) is 4.61. The van der Waals surface area contributed by atoms with E-state index in [0.717, 1.165) is 6.54 Å². The van der Waals surface area contributed by atoms with Crippen LogP contribution in [0.4, 0.5) is 0 Å². The number of rotatable bonds is 5. The van der Waals surface area contributed by atoms with Crippen LogP contribution in [0, 0.1) is 10.8 Å². The number of carboxylic acids is 1. The first kappa shape index (κ1) is 13.4. The number of carboxylic acid groups (broad SMARTS) is 1. The molecule has 0 spiro atoms. The van der Waals surface area contributed by atoms with Gasteiger partial charge in [-0.1, -0.05) is 34.6 Å². The molecule has 0 saturated heterocycles. The summed E-state index contributed by atoms with van der Waals surface area (Å²) in [7, 11) is 0. The normalized spacial score (nSPS) is 12.9. The molecule has 0 aliphatic carbocycles. The fourth-order valence-corrected chi connectivity index (χ4v) is 0.861. The second-order valence-electron chi connectivity index (χ2n) is 5.45. The Bertz CT molecular complexity index is 192. The largest absolute Gasteiger partial charge is 0.481 e. The molecule has 84 valence electrons. The number of carbonyl (C=O) groups is 1. The monoisotopic (exact) mass is 201 g/mol. The summed E-state index contributed by atoms with van der Waals surface area (Å²) in [6.07, 6.45) is 0.195. The van der Waals surface area contributed by atoms with Crippen LogP contribution in [0.1, 0.15) is 41.0 Å². The Kier molecular flexibility index (Phi) is 4.59. The van der Waals surface area contributed by atoms with Crippen LogP contribution >= 0.6 is 0 Å². The van der Waals surface area contributed by atoms with Gasteiger partial charge in [-0.15, -0.1) is 0 Å². The van der Waals surface area contributed by atoms with Crippen LogP contribution in [0.2, 0.25) is 0 Å². The summed E-state index contributed by atoms with van der Waals surface area (Å²) in [5.74, 6) is -0.744. The zero-order chi connectivity index (χ0) is 11.4. The summed E-state index contributed by atoms with van der Waals surface area (Å²) in [6.45, 7) is 12.4. The minimum atomic E-state index is -0.744. The molecule has 0 bridgehead atoms. The molecule has 0 aromatic rings. The highest BCUT2D eigenvalue weighted by molar-refractivity contribution is 5.66. The standard InChI is InChI=1S/C11H23NO2/c1-10(2,3)11(4,5)8-12-7-6-9(13)14/h12H,6-8H2,1-5H3,(H,13,14). The van der Waals surface area contributed by atoms with Gasteiger partial charge in [-0.3, -0.25) is 4.79 Å². The van der Waals surface area contributed by atoms with Crippen molar-refractivity contribution in [1.29, 1.82) is 0 Å². The summed E-state index contributed by atoms with van der Waals surface area (Å²) in [5.41, 5.74) is 0.398. The minimum Gasteiger partial charge on any atom is -0.481 e. The maximum Gasteiger partial charge on any atom is 0.304 e. The Balaban J connectivity index is 3.83. The van der Waals surface area contributed by atoms with E-state index in [0.29, 0.717) is 6.54 Å². The Morgan fingerprint density at radius 2 is 1.71 bits per heavy atom. The van der Waals surface area contributed by atoms with Gasteiger partial charge in [-0.05, 0) is 10.8 Å². The van der Waals surface area contributed by atoms with Crippen molar-refractivity contribution >= 4 is 5.97 Å². The molecule has 0 amide bonds. The summed E-state index contributed by atoms with van der Waals surface area (Å²) in [6, 6.07) is 0. The number of aliphatic carboxylic acids is 1. The van der Waals surface area contributed by atoms with Gasteiger partial charge in [0.15, 0.2) is 0 Å². The van der Waals surface area contributed by atoms with Crippen LogP contribution in [0.15, 0.2) is 0 Å². The average Bonchev–Trinajstić information content (AvgIpc) is 1.95. The van der Waals surface area contributed by atoms with Crippen molar-refractivity contribution in [3.05, 3.63) is 0 Å². The lowest BCUT2D eigenvalue weighted by Gasteiger charge is -2.39. The molecule has 0 aliphatic heterocycles. The van der Waals surface area contributed by atoms with E-state index in [1.165, 1.54) is 0 Å². The zero-order valence-electron chi connectivity index (χ0n) is 9.98. The van der Waals surface area contributed by atoms with Gasteiger partial charge < -0.3 is 10.4 Å². The van der Waals surface area contributed by atoms with E-state index in [9.17, 15) is 4.79 Å². The molecule has 0 fully saturated rings. The molecule has 0 unspecified atom stereocenters. The van der Waals surface area contributed by atoms with Crippen LogP contribution in [-0.4, -0.2) is 24.2 Å². The predicted octanol–water partition coefficient (Wildman–Crippen LogP) is 2.12. The number of nitrogens with one attached hydrogen (secondary N) is 1. The van der Waals surface area contributed by atoms with Gasteiger partial charge in [-0.2, -0.15) is 0 Å². The molecule has 3 nitrogen and oxygen atoms in total. The van der Waals surface area contributed by atoms with E-state index in [-0.39, 0.29) is 17.3 Å². The second-order valence-corrected chi connectivity index (χ2v) is 5.45. The third-order valence-corrected chi connectivity index (χ3v) is 3.11.